The Balaban J connectivity index is 1.92. The molecule has 2 atom stereocenters. The van der Waals surface area contributed by atoms with Crippen molar-refractivity contribution >= 4 is 17.5 Å². The van der Waals surface area contributed by atoms with Crippen LogP contribution in [-0.4, -0.2) is 59.3 Å². The van der Waals surface area contributed by atoms with Crippen LogP contribution in [0.1, 0.15) is 39.0 Å². The minimum absolute atomic E-state index is 0.252. The van der Waals surface area contributed by atoms with Gasteiger partial charge in [0.2, 0.25) is 5.91 Å². The fourth-order valence-corrected chi connectivity index (χ4v) is 4.91. The zero-order valence-corrected chi connectivity index (χ0v) is 22.6. The maximum absolute atomic E-state index is 14.1. The molecule has 0 aliphatic carbocycles. The van der Waals surface area contributed by atoms with Crippen molar-refractivity contribution in [3.05, 3.63) is 70.8 Å². The lowest BCUT2D eigenvalue weighted by molar-refractivity contribution is -0.119. The van der Waals surface area contributed by atoms with Gasteiger partial charge in [-0.05, 0) is 60.0 Å². The number of aryl methyl sites for hydroxylation is 1. The molecule has 0 aromatic heterocycles. The molecule has 0 saturated carbocycles. The number of rotatable bonds is 8. The molecule has 2 amide bonds. The number of fused-ring (bicyclic) bond motifs is 1. The number of anilines is 1. The lowest BCUT2D eigenvalue weighted by Crippen LogP contribution is -2.44. The van der Waals surface area contributed by atoms with E-state index < -0.39 is 12.0 Å². The maximum atomic E-state index is 14.1. The van der Waals surface area contributed by atoms with E-state index in [9.17, 15) is 9.59 Å². The van der Waals surface area contributed by atoms with Crippen LogP contribution in [-0.2, 0) is 4.79 Å². The van der Waals surface area contributed by atoms with Gasteiger partial charge in [-0.1, -0.05) is 12.1 Å². The number of ether oxygens (including phenoxy) is 5. The molecule has 9 nitrogen and oxygen atoms in total. The Bertz CT molecular complexity index is 1370. The van der Waals surface area contributed by atoms with Gasteiger partial charge in [-0.2, -0.15) is 0 Å². The van der Waals surface area contributed by atoms with E-state index in [-0.39, 0.29) is 11.8 Å². The molecular weight excluding hydrogens is 488 g/mol. The molecule has 0 fully saturated rings. The molecule has 4 rings (SSSR count). The van der Waals surface area contributed by atoms with Crippen LogP contribution in [0.3, 0.4) is 0 Å². The van der Waals surface area contributed by atoms with Gasteiger partial charge in [-0.3, -0.25) is 9.59 Å². The predicted octanol–water partition coefficient (Wildman–Crippen LogP) is 4.59. The summed E-state index contributed by atoms with van der Waals surface area (Å²) in [4.78, 5) is 29.3. The lowest BCUT2D eigenvalue weighted by Gasteiger charge is -2.40. The predicted molar refractivity (Wildman–Crippen MR) is 143 cm³/mol. The summed E-state index contributed by atoms with van der Waals surface area (Å²) in [6.45, 7) is 1.93. The van der Waals surface area contributed by atoms with Gasteiger partial charge < -0.3 is 33.9 Å². The average Bonchev–Trinajstić information content (AvgIpc) is 2.93. The van der Waals surface area contributed by atoms with Crippen molar-refractivity contribution in [2.75, 3.05) is 47.9 Å². The number of hydrogen-bond acceptors (Lipinski definition) is 7. The lowest BCUT2D eigenvalue weighted by atomic mass is 9.79. The number of likely N-dealkylation sites (N-methyl/N-ethyl adjacent to an activating group) is 1. The minimum Gasteiger partial charge on any atom is -0.495 e. The molecule has 1 aliphatic rings. The van der Waals surface area contributed by atoms with Gasteiger partial charge >= 0.3 is 0 Å². The number of carbonyl (C=O) groups excluding carboxylic acids is 2. The first-order valence-electron chi connectivity index (χ1n) is 12.0. The van der Waals surface area contributed by atoms with Crippen LogP contribution < -0.4 is 29.0 Å². The summed E-state index contributed by atoms with van der Waals surface area (Å²) in [6.07, 6.45) is 0. The monoisotopic (exact) mass is 520 g/mol. The van der Waals surface area contributed by atoms with Crippen molar-refractivity contribution in [3.8, 4) is 28.7 Å². The molecule has 9 heteroatoms. The number of amides is 2. The molecule has 3 aromatic rings. The molecule has 1 N–H and O–H groups in total. The molecule has 1 heterocycles. The highest BCUT2D eigenvalue weighted by Gasteiger charge is 2.44. The summed E-state index contributed by atoms with van der Waals surface area (Å²) in [5.74, 6) is 0.995. The summed E-state index contributed by atoms with van der Waals surface area (Å²) in [5.41, 5.74) is 3.08. The van der Waals surface area contributed by atoms with E-state index >= 15 is 0 Å². The molecule has 200 valence electrons. The fraction of sp³-hybridized carbons (Fsp3) is 0.310. The van der Waals surface area contributed by atoms with Crippen LogP contribution in [0, 0.1) is 6.92 Å². The number of nitrogens with zero attached hydrogens (tertiary/aromatic N) is 1. The van der Waals surface area contributed by atoms with Gasteiger partial charge in [0.15, 0.2) is 23.0 Å². The van der Waals surface area contributed by atoms with Gasteiger partial charge in [-0.15, -0.1) is 0 Å². The van der Waals surface area contributed by atoms with Crippen LogP contribution in [0.15, 0.2) is 48.5 Å². The number of hydrogen-bond donors (Lipinski definition) is 1. The summed E-state index contributed by atoms with van der Waals surface area (Å²) in [6, 6.07) is 13.6. The van der Waals surface area contributed by atoms with Crippen molar-refractivity contribution in [2.24, 2.45) is 0 Å². The van der Waals surface area contributed by atoms with E-state index in [4.69, 9.17) is 23.7 Å². The Kier molecular flexibility index (Phi) is 7.66. The normalized spacial score (nSPS) is 16.4. The van der Waals surface area contributed by atoms with Crippen LogP contribution in [0.4, 0.5) is 5.69 Å². The van der Waals surface area contributed by atoms with Crippen molar-refractivity contribution in [1.29, 1.82) is 0 Å². The van der Waals surface area contributed by atoms with Crippen LogP contribution >= 0.6 is 0 Å². The highest BCUT2D eigenvalue weighted by molar-refractivity contribution is 6.05. The molecule has 0 unspecified atom stereocenters. The Labute approximate surface area is 222 Å². The van der Waals surface area contributed by atoms with Gasteiger partial charge in [0.05, 0.1) is 53.2 Å². The summed E-state index contributed by atoms with van der Waals surface area (Å²) in [7, 11) is 9.33. The third-order valence-electron chi connectivity index (χ3n) is 6.82. The van der Waals surface area contributed by atoms with Crippen molar-refractivity contribution in [3.63, 3.8) is 0 Å². The van der Waals surface area contributed by atoms with Crippen molar-refractivity contribution < 1.29 is 33.3 Å². The highest BCUT2D eigenvalue weighted by Crippen LogP contribution is 2.47. The van der Waals surface area contributed by atoms with Crippen molar-refractivity contribution in [2.45, 2.75) is 18.9 Å². The van der Waals surface area contributed by atoms with E-state index in [2.05, 4.69) is 5.32 Å². The van der Waals surface area contributed by atoms with E-state index in [0.29, 0.717) is 51.1 Å². The average molecular weight is 521 g/mol. The number of nitrogens with one attached hydrogen (secondary N) is 1. The summed E-state index contributed by atoms with van der Waals surface area (Å²) >= 11 is 0. The molecular formula is C29H32N2O7. The maximum Gasteiger partial charge on any atom is 0.254 e. The van der Waals surface area contributed by atoms with Crippen molar-refractivity contribution in [1.82, 2.24) is 4.90 Å². The number of benzene rings is 3. The molecule has 0 saturated heterocycles. The Morgan fingerprint density at radius 2 is 1.34 bits per heavy atom. The zero-order valence-electron chi connectivity index (χ0n) is 22.6. The zero-order chi connectivity index (χ0) is 27.6. The van der Waals surface area contributed by atoms with Crippen LogP contribution in [0.25, 0.3) is 0 Å². The smallest absolute Gasteiger partial charge is 0.254 e. The summed E-state index contributed by atoms with van der Waals surface area (Å²) in [5, 5.41) is 3.04. The second-order valence-corrected chi connectivity index (χ2v) is 8.94. The van der Waals surface area contributed by atoms with E-state index in [1.165, 1.54) is 21.3 Å². The Hall–Kier alpha value is -4.40. The van der Waals surface area contributed by atoms with E-state index in [0.717, 1.165) is 5.56 Å². The topological polar surface area (TPSA) is 95.6 Å². The fourth-order valence-electron chi connectivity index (χ4n) is 4.91. The second-order valence-electron chi connectivity index (χ2n) is 8.94. The third-order valence-corrected chi connectivity index (χ3v) is 6.82. The first kappa shape index (κ1) is 26.7. The molecule has 0 bridgehead atoms. The SMILES string of the molecule is COc1ccc(C)cc1NC(=O)[C@H]1c2cc(OC)c(OC)cc2C(=O)N(C)[C@@H]1c1ccc(OC)c(OC)c1. The largest absolute Gasteiger partial charge is 0.495 e. The molecule has 38 heavy (non-hydrogen) atoms. The van der Waals surface area contributed by atoms with Gasteiger partial charge in [0, 0.05) is 12.6 Å². The number of carbonyl (C=O) groups is 2. The van der Waals surface area contributed by atoms with Gasteiger partial charge in [0.25, 0.3) is 5.91 Å². The molecule has 0 radical (unpaired) electrons. The molecule has 0 spiro atoms. The Morgan fingerprint density at radius 1 is 0.763 bits per heavy atom. The molecule has 3 aromatic carbocycles. The van der Waals surface area contributed by atoms with Crippen LogP contribution in [0.2, 0.25) is 0 Å². The van der Waals surface area contributed by atoms with Gasteiger partial charge in [0.1, 0.15) is 5.75 Å². The second kappa shape index (κ2) is 10.9. The third kappa shape index (κ3) is 4.67. The standard InChI is InChI=1S/C29H32N2O7/c1-16-8-10-21(34-3)20(12-16)30-28(32)26-18-14-24(37-6)25(38-7)15-19(18)29(33)31(2)27(26)17-9-11-22(35-4)23(13-17)36-5/h8-15,26-27H,1-7H3,(H,30,32)/t26-,27+/m0/s1. The van der Waals surface area contributed by atoms with E-state index in [1.54, 1.807) is 56.5 Å². The minimum atomic E-state index is -0.809. The highest BCUT2D eigenvalue weighted by atomic mass is 16.5. The molecule has 1 aliphatic heterocycles. The number of methoxy groups -OCH3 is 5. The quantitative estimate of drug-likeness (QED) is 0.464. The summed E-state index contributed by atoms with van der Waals surface area (Å²) < 4.78 is 27.4. The first-order valence-corrected chi connectivity index (χ1v) is 12.0. The van der Waals surface area contributed by atoms with E-state index in [1.807, 2.05) is 25.1 Å². The Morgan fingerprint density at radius 3 is 1.97 bits per heavy atom. The first-order chi connectivity index (χ1) is 18.3. The van der Waals surface area contributed by atoms with Gasteiger partial charge in [-0.25, -0.2) is 0 Å². The van der Waals surface area contributed by atoms with Crippen LogP contribution in [0.5, 0.6) is 28.7 Å².